The topological polar surface area (TPSA) is 55.8 Å². The molecule has 0 N–H and O–H groups in total. The third-order valence-electron chi connectivity index (χ3n) is 8.84. The second-order valence-electron chi connectivity index (χ2n) is 12.9. The van der Waals surface area contributed by atoms with E-state index in [0.29, 0.717) is 6.42 Å². The Bertz CT molecular complexity index is 886. The molecular formula is C27H47NO4Si2. The molecule has 1 amide bonds. The van der Waals surface area contributed by atoms with Gasteiger partial charge in [-0.3, -0.25) is 4.79 Å². The molecule has 0 spiro atoms. The van der Waals surface area contributed by atoms with E-state index >= 15 is 0 Å². The van der Waals surface area contributed by atoms with Crippen LogP contribution in [0.4, 0.5) is 0 Å². The number of nitrogens with zero attached hydrogens (tertiary/aromatic N) is 1. The monoisotopic (exact) mass is 505 g/mol. The Balaban J connectivity index is 2.48. The Labute approximate surface area is 209 Å². The van der Waals surface area contributed by atoms with Crippen LogP contribution in [0.1, 0.15) is 67.4 Å². The lowest BCUT2D eigenvalue weighted by Crippen LogP contribution is -2.82. The fourth-order valence-electron chi connectivity index (χ4n) is 4.44. The van der Waals surface area contributed by atoms with E-state index in [1.54, 1.807) is 0 Å². The summed E-state index contributed by atoms with van der Waals surface area (Å²) in [6.07, 6.45) is 0.166. The minimum absolute atomic E-state index is 0.00538. The molecule has 1 saturated heterocycles. The zero-order valence-electron chi connectivity index (χ0n) is 23.5. The summed E-state index contributed by atoms with van der Waals surface area (Å²) in [5, 5.41) is -0.0878. The van der Waals surface area contributed by atoms with Crippen LogP contribution in [-0.4, -0.2) is 45.1 Å². The third kappa shape index (κ3) is 4.93. The van der Waals surface area contributed by atoms with Crippen LogP contribution < -0.4 is 0 Å². The van der Waals surface area contributed by atoms with Gasteiger partial charge in [0, 0.05) is 0 Å². The van der Waals surface area contributed by atoms with Crippen molar-refractivity contribution in [3.63, 3.8) is 0 Å². The van der Waals surface area contributed by atoms with Crippen LogP contribution in [0.15, 0.2) is 30.3 Å². The van der Waals surface area contributed by atoms with E-state index in [2.05, 4.69) is 67.7 Å². The summed E-state index contributed by atoms with van der Waals surface area (Å²) in [7, 11) is -4.48. The van der Waals surface area contributed by atoms with Gasteiger partial charge in [0.05, 0.1) is 6.10 Å². The van der Waals surface area contributed by atoms with Gasteiger partial charge < -0.3 is 13.7 Å². The van der Waals surface area contributed by atoms with Crippen LogP contribution in [0.2, 0.25) is 36.3 Å². The summed E-state index contributed by atoms with van der Waals surface area (Å²) in [4.78, 5) is 27.8. The molecule has 5 nitrogen and oxygen atoms in total. The molecule has 0 saturated carbocycles. The van der Waals surface area contributed by atoms with Crippen LogP contribution >= 0.6 is 0 Å². The second kappa shape index (κ2) is 9.54. The predicted octanol–water partition coefficient (Wildman–Crippen LogP) is 6.75. The quantitative estimate of drug-likeness (QED) is 0.223. The zero-order chi connectivity index (χ0) is 26.3. The lowest BCUT2D eigenvalue weighted by Gasteiger charge is -2.64. The lowest BCUT2D eigenvalue weighted by molar-refractivity contribution is -0.190. The molecule has 0 radical (unpaired) electrons. The molecule has 2 unspecified atom stereocenters. The SMILES string of the molecule is CCC1([C@@H](C)O[Si](C)(C)C(C)(C)C)C(=O)N([Si](C)(C)C(C)(C)C)C1C(=O)OCc1ccccc1. The van der Waals surface area contributed by atoms with E-state index in [4.69, 9.17) is 9.16 Å². The van der Waals surface area contributed by atoms with Crippen molar-refractivity contribution in [1.29, 1.82) is 0 Å². The first-order valence-electron chi connectivity index (χ1n) is 12.6. The molecule has 34 heavy (non-hydrogen) atoms. The summed E-state index contributed by atoms with van der Waals surface area (Å²) >= 11 is 0. The first-order chi connectivity index (χ1) is 15.3. The normalized spacial score (nSPS) is 22.9. The molecule has 7 heteroatoms. The van der Waals surface area contributed by atoms with Gasteiger partial charge in [-0.05, 0) is 42.1 Å². The number of rotatable bonds is 8. The van der Waals surface area contributed by atoms with Gasteiger partial charge in [-0.2, -0.15) is 0 Å². The van der Waals surface area contributed by atoms with Crippen molar-refractivity contribution >= 4 is 28.4 Å². The lowest BCUT2D eigenvalue weighted by atomic mass is 9.66. The summed E-state index contributed by atoms with van der Waals surface area (Å²) in [6.45, 7) is 26.0. The number of hydrogen-bond acceptors (Lipinski definition) is 4. The number of esters is 1. The maximum Gasteiger partial charge on any atom is 0.329 e. The van der Waals surface area contributed by atoms with E-state index in [0.717, 1.165) is 5.56 Å². The van der Waals surface area contributed by atoms with E-state index in [9.17, 15) is 9.59 Å². The van der Waals surface area contributed by atoms with Crippen molar-refractivity contribution in [3.8, 4) is 0 Å². The van der Waals surface area contributed by atoms with Crippen LogP contribution in [0.25, 0.3) is 0 Å². The molecule has 3 atom stereocenters. The molecule has 0 aliphatic carbocycles. The Hall–Kier alpha value is -1.45. The Morgan fingerprint density at radius 1 is 1.03 bits per heavy atom. The van der Waals surface area contributed by atoms with Gasteiger partial charge in [0.1, 0.15) is 18.1 Å². The molecule has 0 aromatic heterocycles. The second-order valence-corrected chi connectivity index (χ2v) is 22.8. The summed E-state index contributed by atoms with van der Waals surface area (Å²) in [5.74, 6) is -0.268. The molecule has 1 heterocycles. The van der Waals surface area contributed by atoms with Gasteiger partial charge >= 0.3 is 5.97 Å². The number of benzene rings is 1. The summed E-state index contributed by atoms with van der Waals surface area (Å²) in [5.41, 5.74) is 0.0340. The number of β-lactam (4-membered cyclic amide) rings is 1. The first-order valence-corrected chi connectivity index (χ1v) is 18.4. The molecule has 0 bridgehead atoms. The highest BCUT2D eigenvalue weighted by Crippen LogP contribution is 2.54. The Kier molecular flexibility index (Phi) is 8.08. The van der Waals surface area contributed by atoms with Crippen molar-refractivity contribution in [3.05, 3.63) is 35.9 Å². The van der Waals surface area contributed by atoms with Crippen molar-refractivity contribution in [2.75, 3.05) is 0 Å². The summed E-state index contributed by atoms with van der Waals surface area (Å²) in [6, 6.07) is 9.07. The van der Waals surface area contributed by atoms with Crippen LogP contribution in [0.3, 0.4) is 0 Å². The standard InChI is InChI=1S/C27H47NO4Si2/c1-13-27(20(2)32-34(11,12)26(6,7)8)22(23(29)31-19-21-17-15-14-16-18-21)28(24(27)30)33(9,10)25(3,4)5/h14-18,20,22H,13,19H2,1-12H3/t20-,22?,27?/m1/s1. The fraction of sp³-hybridized carbons (Fsp3) is 0.704. The predicted molar refractivity (Wildman–Crippen MR) is 145 cm³/mol. The van der Waals surface area contributed by atoms with Gasteiger partial charge in [-0.25, -0.2) is 4.79 Å². The average molecular weight is 506 g/mol. The maximum absolute atomic E-state index is 14.1. The number of ether oxygens (including phenoxy) is 1. The number of carbonyl (C=O) groups is 2. The first kappa shape index (κ1) is 28.8. The molecule has 1 aromatic carbocycles. The zero-order valence-corrected chi connectivity index (χ0v) is 25.5. The van der Waals surface area contributed by atoms with E-state index < -0.39 is 28.0 Å². The van der Waals surface area contributed by atoms with Crippen LogP contribution in [0.5, 0.6) is 0 Å². The minimum atomic E-state index is -2.33. The van der Waals surface area contributed by atoms with Crippen LogP contribution in [-0.2, 0) is 25.4 Å². The van der Waals surface area contributed by atoms with E-state index in [1.165, 1.54) is 0 Å². The maximum atomic E-state index is 14.1. The Morgan fingerprint density at radius 2 is 1.56 bits per heavy atom. The van der Waals surface area contributed by atoms with Crippen LogP contribution in [0, 0.1) is 5.41 Å². The number of amides is 1. The number of hydrogen-bond donors (Lipinski definition) is 0. The highest BCUT2D eigenvalue weighted by atomic mass is 28.4. The van der Waals surface area contributed by atoms with Crippen molar-refractivity contribution < 1.29 is 18.8 Å². The van der Waals surface area contributed by atoms with Gasteiger partial charge in [0.25, 0.3) is 0 Å². The smallest absolute Gasteiger partial charge is 0.329 e. The molecule has 192 valence electrons. The molecule has 1 aromatic rings. The summed E-state index contributed by atoms with van der Waals surface area (Å²) < 4.78 is 14.5. The van der Waals surface area contributed by atoms with Gasteiger partial charge in [0.15, 0.2) is 16.6 Å². The molecular weight excluding hydrogens is 458 g/mol. The molecule has 1 aliphatic heterocycles. The van der Waals surface area contributed by atoms with E-state index in [-0.39, 0.29) is 34.7 Å². The van der Waals surface area contributed by atoms with Crippen molar-refractivity contribution in [2.24, 2.45) is 5.41 Å². The average Bonchev–Trinajstić information content (AvgIpc) is 2.69. The van der Waals surface area contributed by atoms with E-state index in [1.807, 2.05) is 48.7 Å². The molecule has 2 rings (SSSR count). The van der Waals surface area contributed by atoms with Gasteiger partial charge in [-0.1, -0.05) is 91.9 Å². The largest absolute Gasteiger partial charge is 0.459 e. The van der Waals surface area contributed by atoms with Gasteiger partial charge in [-0.15, -0.1) is 0 Å². The highest BCUT2D eigenvalue weighted by Gasteiger charge is 2.71. The molecule has 1 fully saturated rings. The van der Waals surface area contributed by atoms with Crippen molar-refractivity contribution in [2.45, 2.75) is 117 Å². The Morgan fingerprint density at radius 3 is 2.00 bits per heavy atom. The fourth-order valence-corrected chi connectivity index (χ4v) is 8.30. The van der Waals surface area contributed by atoms with Gasteiger partial charge in [0.2, 0.25) is 5.91 Å². The van der Waals surface area contributed by atoms with Crippen molar-refractivity contribution in [1.82, 2.24) is 4.57 Å². The number of carbonyl (C=O) groups excluding carboxylic acids is 2. The minimum Gasteiger partial charge on any atom is -0.459 e. The molecule has 1 aliphatic rings. The third-order valence-corrected chi connectivity index (χ3v) is 18.7. The highest BCUT2D eigenvalue weighted by molar-refractivity contribution is 6.80.